The number of carbonyl (C=O) groups is 2. The second-order valence-corrected chi connectivity index (χ2v) is 11.8. The standard InChI is InChI=1S/C26H32O3/c1-4-13-9-15-17(25(3)18(13)12-21(27)14-10-19(14)25)5-7-24(2)23(15)16-11-20(16)26(24)8-6-22(28)29-26/h5,7,12-17,19-20,23H,4,6,8-11H2,1-3H3/t13?,14?,15?,16?,17?,19?,20?,23?,24-,25+,26-/m0/s1. The van der Waals surface area contributed by atoms with E-state index >= 15 is 0 Å². The van der Waals surface area contributed by atoms with E-state index < -0.39 is 0 Å². The van der Waals surface area contributed by atoms with Crippen molar-refractivity contribution in [1.29, 1.82) is 0 Å². The van der Waals surface area contributed by atoms with Crippen molar-refractivity contribution in [3.63, 3.8) is 0 Å². The first kappa shape index (κ1) is 17.3. The third kappa shape index (κ3) is 1.73. The number of carbonyl (C=O) groups excluding carboxylic acids is 2. The molecule has 1 heterocycles. The molecular weight excluding hydrogens is 360 g/mol. The van der Waals surface area contributed by atoms with Crippen LogP contribution in [0.2, 0.25) is 0 Å². The van der Waals surface area contributed by atoms with Crippen molar-refractivity contribution in [3.8, 4) is 0 Å². The Morgan fingerprint density at radius 3 is 2.66 bits per heavy atom. The summed E-state index contributed by atoms with van der Waals surface area (Å²) in [5.74, 6) is 4.98. The molecule has 7 rings (SSSR count). The van der Waals surface area contributed by atoms with E-state index in [2.05, 4.69) is 39.0 Å². The molecule has 8 unspecified atom stereocenters. The van der Waals surface area contributed by atoms with Crippen molar-refractivity contribution in [2.24, 2.45) is 58.2 Å². The second-order valence-electron chi connectivity index (χ2n) is 11.8. The minimum Gasteiger partial charge on any atom is -0.458 e. The summed E-state index contributed by atoms with van der Waals surface area (Å²) in [6.07, 6.45) is 13.3. The molecule has 0 bridgehead atoms. The van der Waals surface area contributed by atoms with Gasteiger partial charge < -0.3 is 4.74 Å². The lowest BCUT2D eigenvalue weighted by Gasteiger charge is -2.59. The molecule has 1 spiro atoms. The highest BCUT2D eigenvalue weighted by atomic mass is 16.6. The van der Waals surface area contributed by atoms with Crippen LogP contribution in [-0.2, 0) is 14.3 Å². The van der Waals surface area contributed by atoms with Gasteiger partial charge in [0.1, 0.15) is 5.60 Å². The Morgan fingerprint density at radius 1 is 1.10 bits per heavy atom. The Labute approximate surface area is 173 Å². The van der Waals surface area contributed by atoms with Gasteiger partial charge in [0, 0.05) is 23.7 Å². The highest BCUT2D eigenvalue weighted by Gasteiger charge is 2.79. The lowest BCUT2D eigenvalue weighted by Crippen LogP contribution is -2.56. The predicted molar refractivity (Wildman–Crippen MR) is 109 cm³/mol. The fourth-order valence-corrected chi connectivity index (χ4v) is 9.77. The van der Waals surface area contributed by atoms with E-state index in [0.29, 0.717) is 53.6 Å². The lowest BCUT2D eigenvalue weighted by atomic mass is 9.45. The van der Waals surface area contributed by atoms with E-state index in [-0.39, 0.29) is 22.4 Å². The average molecular weight is 393 g/mol. The quantitative estimate of drug-likeness (QED) is 0.479. The van der Waals surface area contributed by atoms with Crippen LogP contribution >= 0.6 is 0 Å². The highest BCUT2D eigenvalue weighted by molar-refractivity contribution is 5.96. The lowest BCUT2D eigenvalue weighted by molar-refractivity contribution is -0.162. The first-order chi connectivity index (χ1) is 13.8. The molecule has 0 aromatic rings. The zero-order chi connectivity index (χ0) is 19.9. The molecule has 7 aliphatic rings. The second kappa shape index (κ2) is 4.92. The van der Waals surface area contributed by atoms with Crippen molar-refractivity contribution >= 4 is 11.8 Å². The van der Waals surface area contributed by atoms with Crippen molar-refractivity contribution < 1.29 is 14.3 Å². The van der Waals surface area contributed by atoms with E-state index in [0.717, 1.165) is 25.2 Å². The van der Waals surface area contributed by atoms with E-state index in [1.165, 1.54) is 18.4 Å². The number of fused-ring (bicyclic) bond motifs is 11. The molecule has 5 fully saturated rings. The maximum absolute atomic E-state index is 12.6. The molecule has 3 nitrogen and oxygen atoms in total. The molecule has 11 atom stereocenters. The smallest absolute Gasteiger partial charge is 0.306 e. The summed E-state index contributed by atoms with van der Waals surface area (Å²) in [7, 11) is 0. The SMILES string of the molecule is CCC1CC2C(C=C[C@@]3(C)C2C2CC2[C@@]32CCC(=O)O2)[C@]2(C)C1=CC(=O)C1CC12. The Kier molecular flexibility index (Phi) is 2.94. The maximum atomic E-state index is 12.6. The molecule has 3 heteroatoms. The summed E-state index contributed by atoms with van der Waals surface area (Å²) in [6, 6.07) is 0. The van der Waals surface area contributed by atoms with Crippen molar-refractivity contribution in [2.45, 2.75) is 64.9 Å². The van der Waals surface area contributed by atoms with Gasteiger partial charge in [0.15, 0.2) is 5.78 Å². The van der Waals surface area contributed by atoms with Gasteiger partial charge in [0.2, 0.25) is 0 Å². The summed E-state index contributed by atoms with van der Waals surface area (Å²) < 4.78 is 6.20. The molecule has 0 aromatic carbocycles. The zero-order valence-corrected chi connectivity index (χ0v) is 17.8. The number of hydrogen-bond donors (Lipinski definition) is 0. The molecule has 1 aliphatic heterocycles. The van der Waals surface area contributed by atoms with Gasteiger partial charge >= 0.3 is 5.97 Å². The zero-order valence-electron chi connectivity index (χ0n) is 17.8. The number of hydrogen-bond acceptors (Lipinski definition) is 3. The van der Waals surface area contributed by atoms with Crippen LogP contribution in [0.3, 0.4) is 0 Å². The first-order valence-electron chi connectivity index (χ1n) is 12.0. The summed E-state index contributed by atoms with van der Waals surface area (Å²) >= 11 is 0. The van der Waals surface area contributed by atoms with Crippen LogP contribution in [0.25, 0.3) is 0 Å². The molecule has 29 heavy (non-hydrogen) atoms. The van der Waals surface area contributed by atoms with Crippen LogP contribution in [-0.4, -0.2) is 17.4 Å². The van der Waals surface area contributed by atoms with Gasteiger partial charge in [-0.15, -0.1) is 0 Å². The Bertz CT molecular complexity index is 915. The van der Waals surface area contributed by atoms with Crippen molar-refractivity contribution in [2.75, 3.05) is 0 Å². The molecule has 1 saturated heterocycles. The fourth-order valence-electron chi connectivity index (χ4n) is 9.77. The van der Waals surface area contributed by atoms with Crippen molar-refractivity contribution in [1.82, 2.24) is 0 Å². The van der Waals surface area contributed by atoms with Crippen LogP contribution in [0.4, 0.5) is 0 Å². The van der Waals surface area contributed by atoms with Gasteiger partial charge in [0.25, 0.3) is 0 Å². The van der Waals surface area contributed by atoms with Crippen LogP contribution in [0.15, 0.2) is 23.8 Å². The maximum Gasteiger partial charge on any atom is 0.306 e. The van der Waals surface area contributed by atoms with E-state index in [1.807, 2.05) is 0 Å². The van der Waals surface area contributed by atoms with Gasteiger partial charge in [0.05, 0.1) is 0 Å². The molecule has 154 valence electrons. The van der Waals surface area contributed by atoms with Gasteiger partial charge in [-0.05, 0) is 79.1 Å². The highest BCUT2D eigenvalue weighted by Crippen LogP contribution is 2.79. The molecule has 4 saturated carbocycles. The Hall–Kier alpha value is -1.38. The number of allylic oxidation sites excluding steroid dienone is 3. The summed E-state index contributed by atoms with van der Waals surface area (Å²) in [5, 5.41) is 0. The first-order valence-corrected chi connectivity index (χ1v) is 12.0. The topological polar surface area (TPSA) is 43.4 Å². The van der Waals surface area contributed by atoms with Crippen LogP contribution in [0.5, 0.6) is 0 Å². The predicted octanol–water partition coefficient (Wildman–Crippen LogP) is 4.72. The molecule has 6 aliphatic carbocycles. The number of ketones is 1. The van der Waals surface area contributed by atoms with E-state index in [9.17, 15) is 9.59 Å². The minimum atomic E-state index is -0.232. The largest absolute Gasteiger partial charge is 0.458 e. The van der Waals surface area contributed by atoms with Gasteiger partial charge in [-0.25, -0.2) is 0 Å². The third-order valence-electron chi connectivity index (χ3n) is 11.1. The summed E-state index contributed by atoms with van der Waals surface area (Å²) in [5.41, 5.74) is 1.40. The minimum absolute atomic E-state index is 0.00276. The number of rotatable bonds is 1. The van der Waals surface area contributed by atoms with Gasteiger partial charge in [-0.1, -0.05) is 38.5 Å². The third-order valence-corrected chi connectivity index (χ3v) is 11.1. The Balaban J connectivity index is 1.37. The fraction of sp³-hybridized carbons (Fsp3) is 0.769. The van der Waals surface area contributed by atoms with E-state index in [4.69, 9.17) is 4.74 Å². The normalized spacial score (nSPS) is 60.6. The van der Waals surface area contributed by atoms with Gasteiger partial charge in [-0.3, -0.25) is 9.59 Å². The molecule has 0 amide bonds. The monoisotopic (exact) mass is 392 g/mol. The van der Waals surface area contributed by atoms with Crippen LogP contribution in [0, 0.1) is 58.2 Å². The van der Waals surface area contributed by atoms with E-state index in [1.54, 1.807) is 0 Å². The van der Waals surface area contributed by atoms with Crippen LogP contribution < -0.4 is 0 Å². The molecular formula is C26H32O3. The Morgan fingerprint density at radius 2 is 1.93 bits per heavy atom. The van der Waals surface area contributed by atoms with Crippen molar-refractivity contribution in [3.05, 3.63) is 23.8 Å². The number of esters is 1. The van der Waals surface area contributed by atoms with Crippen LogP contribution in [0.1, 0.15) is 59.3 Å². The average Bonchev–Trinajstić information content (AvgIpc) is 3.59. The number of ether oxygens (including phenoxy) is 1. The summed E-state index contributed by atoms with van der Waals surface area (Å²) in [4.78, 5) is 24.8. The summed E-state index contributed by atoms with van der Waals surface area (Å²) in [6.45, 7) is 7.21. The molecule has 0 radical (unpaired) electrons. The van der Waals surface area contributed by atoms with Gasteiger partial charge in [-0.2, -0.15) is 0 Å². The molecule has 0 N–H and O–H groups in total. The molecule has 0 aromatic heterocycles.